The molecule has 0 atom stereocenters. The minimum Gasteiger partial charge on any atom is -0.454 e. The Morgan fingerprint density at radius 2 is 1.52 bits per heavy atom. The Hall–Kier alpha value is -3.41. The monoisotopic (exact) mass is 363 g/mol. The topological polar surface area (TPSA) is 57.2 Å². The summed E-state index contributed by atoms with van der Waals surface area (Å²) in [6.07, 6.45) is 0. The third-order valence-corrected chi connectivity index (χ3v) is 4.98. The minimum absolute atomic E-state index is 0.0536. The summed E-state index contributed by atoms with van der Waals surface area (Å²) >= 11 is 0. The largest absolute Gasteiger partial charge is 0.454 e. The zero-order chi connectivity index (χ0) is 18.5. The van der Waals surface area contributed by atoms with Crippen molar-refractivity contribution >= 4 is 22.4 Å². The van der Waals surface area contributed by atoms with E-state index >= 15 is 0 Å². The van der Waals surface area contributed by atoms with Gasteiger partial charge in [0.05, 0.1) is 5.69 Å². The van der Waals surface area contributed by atoms with Crippen molar-refractivity contribution in [1.29, 1.82) is 0 Å². The first kappa shape index (κ1) is 15.8. The van der Waals surface area contributed by atoms with Crippen LogP contribution in [0.5, 0.6) is 23.0 Å². The molecule has 0 saturated carbocycles. The molecule has 5 rings (SSSR count). The number of carbonyl (C=O) groups is 1. The molecule has 6 heteroatoms. The van der Waals surface area contributed by atoms with E-state index in [4.69, 9.17) is 18.9 Å². The molecule has 0 aromatic heterocycles. The van der Waals surface area contributed by atoms with Crippen molar-refractivity contribution in [3.63, 3.8) is 0 Å². The van der Waals surface area contributed by atoms with E-state index < -0.39 is 0 Å². The first-order valence-electron chi connectivity index (χ1n) is 8.62. The van der Waals surface area contributed by atoms with Gasteiger partial charge in [-0.3, -0.25) is 4.79 Å². The summed E-state index contributed by atoms with van der Waals surface area (Å²) in [4.78, 5) is 13.9. The van der Waals surface area contributed by atoms with E-state index in [-0.39, 0.29) is 19.5 Å². The molecule has 0 spiro atoms. The van der Waals surface area contributed by atoms with Gasteiger partial charge in [0.2, 0.25) is 19.5 Å². The SMILES string of the molecule is CC(=O)N(C)c1c(-c2ccc3c(c2)OCO3)ccc2cc3c(cc12)OCO3. The zero-order valence-electron chi connectivity index (χ0n) is 14.9. The van der Waals surface area contributed by atoms with E-state index in [1.54, 1.807) is 18.9 Å². The first-order valence-corrected chi connectivity index (χ1v) is 8.62. The van der Waals surface area contributed by atoms with Crippen LogP contribution >= 0.6 is 0 Å². The highest BCUT2D eigenvalue weighted by molar-refractivity contribution is 6.09. The van der Waals surface area contributed by atoms with E-state index in [0.717, 1.165) is 39.1 Å². The van der Waals surface area contributed by atoms with Crippen LogP contribution in [-0.4, -0.2) is 26.5 Å². The Bertz CT molecular complexity index is 1090. The third kappa shape index (κ3) is 2.44. The average Bonchev–Trinajstić information content (AvgIpc) is 3.32. The van der Waals surface area contributed by atoms with Gasteiger partial charge in [-0.2, -0.15) is 0 Å². The number of benzene rings is 3. The standard InChI is InChI=1S/C21H17NO5/c1-12(23)22(2)21-15(13-4-6-17-18(7-13)25-10-24-17)5-3-14-8-19-20(9-16(14)21)27-11-26-19/h3-9H,10-11H2,1-2H3. The number of carbonyl (C=O) groups excluding carboxylic acids is 1. The fourth-order valence-corrected chi connectivity index (χ4v) is 3.51. The van der Waals surface area contributed by atoms with Gasteiger partial charge in [0.1, 0.15) is 0 Å². The second kappa shape index (κ2) is 5.81. The summed E-state index contributed by atoms with van der Waals surface area (Å²) < 4.78 is 22.0. The number of hydrogen-bond donors (Lipinski definition) is 0. The van der Waals surface area contributed by atoms with Crippen LogP contribution in [0.2, 0.25) is 0 Å². The molecule has 0 saturated heterocycles. The van der Waals surface area contributed by atoms with Gasteiger partial charge in [0.15, 0.2) is 23.0 Å². The maximum Gasteiger partial charge on any atom is 0.231 e. The van der Waals surface area contributed by atoms with Gasteiger partial charge >= 0.3 is 0 Å². The Morgan fingerprint density at radius 3 is 2.26 bits per heavy atom. The van der Waals surface area contributed by atoms with Crippen LogP contribution in [-0.2, 0) is 4.79 Å². The summed E-state index contributed by atoms with van der Waals surface area (Å²) in [5.41, 5.74) is 2.69. The second-order valence-corrected chi connectivity index (χ2v) is 6.53. The highest BCUT2D eigenvalue weighted by atomic mass is 16.7. The van der Waals surface area contributed by atoms with Gasteiger partial charge in [-0.05, 0) is 35.2 Å². The van der Waals surface area contributed by atoms with Crippen LogP contribution in [0.15, 0.2) is 42.5 Å². The Kier molecular flexibility index (Phi) is 3.40. The molecule has 2 heterocycles. The van der Waals surface area contributed by atoms with Crippen LogP contribution in [0.1, 0.15) is 6.92 Å². The van der Waals surface area contributed by atoms with Crippen LogP contribution < -0.4 is 23.8 Å². The van der Waals surface area contributed by atoms with Crippen molar-refractivity contribution in [1.82, 2.24) is 0 Å². The molecular formula is C21H17NO5. The number of rotatable bonds is 2. The fraction of sp³-hybridized carbons (Fsp3) is 0.190. The van der Waals surface area contributed by atoms with Gasteiger partial charge in [-0.25, -0.2) is 0 Å². The fourth-order valence-electron chi connectivity index (χ4n) is 3.51. The van der Waals surface area contributed by atoms with Crippen molar-refractivity contribution < 1.29 is 23.7 Å². The first-order chi connectivity index (χ1) is 13.1. The lowest BCUT2D eigenvalue weighted by atomic mass is 9.96. The molecule has 0 bridgehead atoms. The molecule has 0 aliphatic carbocycles. The zero-order valence-corrected chi connectivity index (χ0v) is 14.9. The lowest BCUT2D eigenvalue weighted by Crippen LogP contribution is -2.23. The predicted octanol–water partition coefficient (Wildman–Crippen LogP) is 3.95. The highest BCUT2D eigenvalue weighted by Gasteiger charge is 2.22. The lowest BCUT2D eigenvalue weighted by molar-refractivity contribution is -0.116. The van der Waals surface area contributed by atoms with Crippen LogP contribution in [0, 0.1) is 0 Å². The molecule has 0 N–H and O–H groups in total. The van der Waals surface area contributed by atoms with Crippen molar-refractivity contribution in [2.24, 2.45) is 0 Å². The summed E-state index contributed by atoms with van der Waals surface area (Å²) in [5.74, 6) is 2.78. The number of fused-ring (bicyclic) bond motifs is 3. The molecule has 0 unspecified atom stereocenters. The van der Waals surface area contributed by atoms with Gasteiger partial charge < -0.3 is 23.8 Å². The van der Waals surface area contributed by atoms with Gasteiger partial charge in [-0.1, -0.05) is 18.2 Å². The Morgan fingerprint density at radius 1 is 0.852 bits per heavy atom. The second-order valence-electron chi connectivity index (χ2n) is 6.53. The number of ether oxygens (including phenoxy) is 4. The number of anilines is 1. The van der Waals surface area contributed by atoms with Crippen molar-refractivity contribution in [2.75, 3.05) is 25.5 Å². The average molecular weight is 363 g/mol. The van der Waals surface area contributed by atoms with E-state index in [1.165, 1.54) is 0 Å². The van der Waals surface area contributed by atoms with Gasteiger partial charge in [-0.15, -0.1) is 0 Å². The summed E-state index contributed by atoms with van der Waals surface area (Å²) in [6, 6.07) is 13.7. The molecule has 0 radical (unpaired) electrons. The number of nitrogens with zero attached hydrogens (tertiary/aromatic N) is 1. The molecule has 1 amide bonds. The Labute approximate surface area is 155 Å². The van der Waals surface area contributed by atoms with Crippen molar-refractivity contribution in [3.05, 3.63) is 42.5 Å². The molecule has 27 heavy (non-hydrogen) atoms. The number of hydrogen-bond acceptors (Lipinski definition) is 5. The third-order valence-electron chi connectivity index (χ3n) is 4.98. The van der Waals surface area contributed by atoms with Crippen LogP contribution in [0.3, 0.4) is 0 Å². The minimum atomic E-state index is -0.0536. The molecule has 3 aromatic carbocycles. The molecular weight excluding hydrogens is 346 g/mol. The summed E-state index contributed by atoms with van der Waals surface area (Å²) in [6.45, 7) is 1.98. The summed E-state index contributed by atoms with van der Waals surface area (Å²) in [5, 5.41) is 1.90. The molecule has 0 fully saturated rings. The molecule has 2 aliphatic heterocycles. The van der Waals surface area contributed by atoms with Crippen LogP contribution in [0.4, 0.5) is 5.69 Å². The van der Waals surface area contributed by atoms with Crippen molar-refractivity contribution in [3.8, 4) is 34.1 Å². The highest BCUT2D eigenvalue weighted by Crippen LogP contribution is 2.45. The Balaban J connectivity index is 1.77. The van der Waals surface area contributed by atoms with E-state index in [2.05, 4.69) is 0 Å². The van der Waals surface area contributed by atoms with Crippen molar-refractivity contribution in [2.45, 2.75) is 6.92 Å². The molecule has 2 aliphatic rings. The smallest absolute Gasteiger partial charge is 0.231 e. The molecule has 3 aromatic rings. The van der Waals surface area contributed by atoms with Crippen LogP contribution in [0.25, 0.3) is 21.9 Å². The maximum atomic E-state index is 12.2. The van der Waals surface area contributed by atoms with E-state index in [9.17, 15) is 4.79 Å². The van der Waals surface area contributed by atoms with Gasteiger partial charge in [0.25, 0.3) is 0 Å². The number of amides is 1. The lowest BCUT2D eigenvalue weighted by Gasteiger charge is -2.22. The van der Waals surface area contributed by atoms with E-state index in [1.807, 2.05) is 42.5 Å². The summed E-state index contributed by atoms with van der Waals surface area (Å²) in [7, 11) is 1.78. The predicted molar refractivity (Wildman–Crippen MR) is 101 cm³/mol. The quantitative estimate of drug-likeness (QED) is 0.690. The molecule has 6 nitrogen and oxygen atoms in total. The maximum absolute atomic E-state index is 12.2. The van der Waals surface area contributed by atoms with E-state index in [0.29, 0.717) is 11.5 Å². The normalized spacial score (nSPS) is 13.9. The molecule has 136 valence electrons. The van der Waals surface area contributed by atoms with Gasteiger partial charge in [0, 0.05) is 24.9 Å².